The molecule has 9 nitrogen and oxygen atoms in total. The number of rotatable bonds is 7. The summed E-state index contributed by atoms with van der Waals surface area (Å²) in [5.74, 6) is -0.796. The van der Waals surface area contributed by atoms with E-state index in [9.17, 15) is 18.0 Å². The van der Waals surface area contributed by atoms with Gasteiger partial charge >= 0.3 is 5.97 Å². The standard InChI is InChI=1S/C15H22N4O5S.ClH/c1-3-24-15(21)13-7-5-9-19(13)11-18-8-4-6-12(10-18)14(20)16-17-25(2,22)23;/h4,6,8,10,13,17H,3,5,7,9,11H2,1-2H3;1H. The van der Waals surface area contributed by atoms with Crippen LogP contribution in [0.15, 0.2) is 24.5 Å². The molecule has 1 unspecified atom stereocenters. The molecule has 0 aromatic carbocycles. The number of pyridine rings is 1. The third kappa shape index (κ3) is 6.52. The van der Waals surface area contributed by atoms with Crippen LogP contribution in [0, 0.1) is 0 Å². The molecule has 0 saturated carbocycles. The maximum atomic E-state index is 12.0. The van der Waals surface area contributed by atoms with Gasteiger partial charge < -0.3 is 17.1 Å². The van der Waals surface area contributed by atoms with E-state index in [1.54, 1.807) is 36.0 Å². The number of nitrogens with one attached hydrogen (secondary N) is 2. The van der Waals surface area contributed by atoms with Crippen LogP contribution in [0.4, 0.5) is 0 Å². The zero-order valence-corrected chi connectivity index (χ0v) is 16.2. The lowest BCUT2D eigenvalue weighted by Crippen LogP contribution is -3.00. The van der Waals surface area contributed by atoms with E-state index in [0.717, 1.165) is 25.6 Å². The van der Waals surface area contributed by atoms with E-state index in [0.29, 0.717) is 18.8 Å². The lowest BCUT2D eigenvalue weighted by Gasteiger charge is -2.19. The molecule has 1 aromatic rings. The number of hydrogen-bond donors (Lipinski definition) is 2. The smallest absolute Gasteiger partial charge is 0.323 e. The largest absolute Gasteiger partial charge is 1.00 e. The molecular formula is C15H23ClN4O5S. The van der Waals surface area contributed by atoms with Crippen molar-refractivity contribution in [3.8, 4) is 0 Å². The number of hydrazine groups is 1. The highest BCUT2D eigenvalue weighted by Gasteiger charge is 2.33. The van der Waals surface area contributed by atoms with Crippen molar-refractivity contribution in [3.05, 3.63) is 30.1 Å². The van der Waals surface area contributed by atoms with Gasteiger partial charge in [0.05, 0.1) is 12.9 Å². The highest BCUT2D eigenvalue weighted by molar-refractivity contribution is 7.88. The molecule has 0 aliphatic carbocycles. The minimum Gasteiger partial charge on any atom is -1.00 e. The lowest BCUT2D eigenvalue weighted by atomic mass is 10.2. The number of hydrogen-bond acceptors (Lipinski definition) is 6. The molecule has 1 aromatic heterocycles. The lowest BCUT2D eigenvalue weighted by molar-refractivity contribution is -0.716. The monoisotopic (exact) mass is 406 g/mol. The zero-order valence-electron chi connectivity index (χ0n) is 14.6. The van der Waals surface area contributed by atoms with Gasteiger partial charge in [0.1, 0.15) is 11.6 Å². The molecule has 1 fully saturated rings. The fraction of sp³-hybridized carbons (Fsp3) is 0.533. The summed E-state index contributed by atoms with van der Waals surface area (Å²) in [5.41, 5.74) is 2.42. The Labute approximate surface area is 159 Å². The number of likely N-dealkylation sites (tertiary alicyclic amines) is 1. The number of carbonyl (C=O) groups excluding carboxylic acids is 2. The predicted molar refractivity (Wildman–Crippen MR) is 88.4 cm³/mol. The molecule has 1 aliphatic heterocycles. The summed E-state index contributed by atoms with van der Waals surface area (Å²) >= 11 is 0. The van der Waals surface area contributed by atoms with Crippen LogP contribution in [-0.4, -0.2) is 50.6 Å². The van der Waals surface area contributed by atoms with Crippen molar-refractivity contribution >= 4 is 21.9 Å². The van der Waals surface area contributed by atoms with E-state index in [1.165, 1.54) is 0 Å². The Bertz CT molecular complexity index is 743. The SMILES string of the molecule is CCOC(=O)C1CCCN1C[n+]1cccc(C(=O)NNS(C)(=O)=O)c1.[Cl-]. The summed E-state index contributed by atoms with van der Waals surface area (Å²) in [4.78, 5) is 27.9. The van der Waals surface area contributed by atoms with Crippen molar-refractivity contribution in [3.63, 3.8) is 0 Å². The van der Waals surface area contributed by atoms with E-state index in [1.807, 2.05) is 9.73 Å². The van der Waals surface area contributed by atoms with Crippen molar-refractivity contribution in [1.82, 2.24) is 15.2 Å². The molecule has 1 aliphatic rings. The van der Waals surface area contributed by atoms with E-state index >= 15 is 0 Å². The minimum absolute atomic E-state index is 0. The molecule has 0 spiro atoms. The van der Waals surface area contributed by atoms with Crippen molar-refractivity contribution in [1.29, 1.82) is 0 Å². The van der Waals surface area contributed by atoms with Crippen LogP contribution < -0.4 is 27.2 Å². The van der Waals surface area contributed by atoms with Gasteiger partial charge in [0.25, 0.3) is 5.91 Å². The number of ether oxygens (including phenoxy) is 1. The van der Waals surface area contributed by atoms with Crippen LogP contribution >= 0.6 is 0 Å². The van der Waals surface area contributed by atoms with Crippen LogP contribution in [0.2, 0.25) is 0 Å². The van der Waals surface area contributed by atoms with Gasteiger partial charge in [-0.1, -0.05) is 0 Å². The first-order valence-corrected chi connectivity index (χ1v) is 9.86. The van der Waals surface area contributed by atoms with Crippen molar-refractivity contribution < 1.29 is 39.7 Å². The van der Waals surface area contributed by atoms with E-state index in [4.69, 9.17) is 4.74 Å². The highest BCUT2D eigenvalue weighted by Crippen LogP contribution is 2.18. The van der Waals surface area contributed by atoms with Crippen molar-refractivity contribution in [2.24, 2.45) is 0 Å². The predicted octanol–water partition coefficient (Wildman–Crippen LogP) is -3.84. The van der Waals surface area contributed by atoms with Gasteiger partial charge in [-0.15, -0.1) is 4.83 Å². The number of esters is 1. The Morgan fingerprint density at radius 1 is 1.42 bits per heavy atom. The second-order valence-electron chi connectivity index (χ2n) is 5.80. The molecule has 2 rings (SSSR count). The summed E-state index contributed by atoms with van der Waals surface area (Å²) < 4.78 is 28.9. The quantitative estimate of drug-likeness (QED) is 0.273. The first-order valence-electron chi connectivity index (χ1n) is 7.97. The zero-order chi connectivity index (χ0) is 18.4. The molecule has 0 bridgehead atoms. The maximum absolute atomic E-state index is 12.0. The molecule has 146 valence electrons. The number of sulfonamides is 1. The molecule has 1 atom stereocenters. The Balaban J connectivity index is 0.00000338. The summed E-state index contributed by atoms with van der Waals surface area (Å²) in [6.07, 6.45) is 5.98. The van der Waals surface area contributed by atoms with Crippen molar-refractivity contribution in [2.45, 2.75) is 32.5 Å². The second kappa shape index (κ2) is 9.81. The number of nitrogens with zero attached hydrogens (tertiary/aromatic N) is 2. The maximum Gasteiger partial charge on any atom is 0.323 e. The van der Waals surface area contributed by atoms with Gasteiger partial charge in [0.15, 0.2) is 12.4 Å². The van der Waals surface area contributed by atoms with E-state index in [2.05, 4.69) is 5.43 Å². The molecule has 1 saturated heterocycles. The van der Waals surface area contributed by atoms with Crippen LogP contribution in [0.1, 0.15) is 30.1 Å². The molecule has 1 amide bonds. The Hall–Kier alpha value is -1.75. The number of amides is 1. The summed E-state index contributed by atoms with van der Waals surface area (Å²) in [6.45, 7) is 3.32. The third-order valence-electron chi connectivity index (χ3n) is 3.74. The fourth-order valence-corrected chi connectivity index (χ4v) is 2.94. The first-order chi connectivity index (χ1) is 11.8. The van der Waals surface area contributed by atoms with Crippen LogP contribution in [0.5, 0.6) is 0 Å². The normalized spacial score (nSPS) is 17.4. The third-order valence-corrected chi connectivity index (χ3v) is 4.21. The van der Waals surface area contributed by atoms with Gasteiger partial charge in [-0.2, -0.15) is 4.57 Å². The Morgan fingerprint density at radius 2 is 2.15 bits per heavy atom. The minimum atomic E-state index is -3.53. The molecule has 2 N–H and O–H groups in total. The van der Waals surface area contributed by atoms with Gasteiger partial charge in [0, 0.05) is 12.6 Å². The number of aromatic nitrogens is 1. The average molecular weight is 407 g/mol. The number of halogens is 1. The fourth-order valence-electron chi connectivity index (χ4n) is 2.67. The molecule has 2 heterocycles. The van der Waals surface area contributed by atoms with Gasteiger partial charge in [-0.3, -0.25) is 15.0 Å². The first kappa shape index (κ1) is 22.3. The molecule has 26 heavy (non-hydrogen) atoms. The molecular weight excluding hydrogens is 384 g/mol. The average Bonchev–Trinajstić information content (AvgIpc) is 3.00. The second-order valence-corrected chi connectivity index (χ2v) is 7.55. The summed E-state index contributed by atoms with van der Waals surface area (Å²) in [6, 6.07) is 2.98. The van der Waals surface area contributed by atoms with Crippen molar-refractivity contribution in [2.75, 3.05) is 19.4 Å². The van der Waals surface area contributed by atoms with E-state index in [-0.39, 0.29) is 24.4 Å². The van der Waals surface area contributed by atoms with Crippen LogP contribution in [0.3, 0.4) is 0 Å². The Morgan fingerprint density at radius 3 is 2.81 bits per heavy atom. The summed E-state index contributed by atoms with van der Waals surface area (Å²) in [5, 5.41) is 0. The van der Waals surface area contributed by atoms with Crippen LogP contribution in [0.25, 0.3) is 0 Å². The molecule has 11 heteroatoms. The van der Waals surface area contributed by atoms with Gasteiger partial charge in [-0.25, -0.2) is 13.3 Å². The summed E-state index contributed by atoms with van der Waals surface area (Å²) in [7, 11) is -3.53. The van der Waals surface area contributed by atoms with Gasteiger partial charge in [0.2, 0.25) is 16.7 Å². The van der Waals surface area contributed by atoms with Gasteiger partial charge in [-0.05, 0) is 25.8 Å². The topological polar surface area (TPSA) is 109 Å². The van der Waals surface area contributed by atoms with Crippen LogP contribution in [-0.2, 0) is 26.2 Å². The van der Waals surface area contributed by atoms with E-state index < -0.39 is 15.9 Å². The Kier molecular flexibility index (Phi) is 8.41. The number of carbonyl (C=O) groups is 2. The molecule has 0 radical (unpaired) electrons. The highest BCUT2D eigenvalue weighted by atomic mass is 35.5.